The summed E-state index contributed by atoms with van der Waals surface area (Å²) in [5.74, 6) is 0.745. The third kappa shape index (κ3) is 4.07. The van der Waals surface area contributed by atoms with Crippen LogP contribution in [0.3, 0.4) is 0 Å². The van der Waals surface area contributed by atoms with E-state index in [1.165, 1.54) is 11.3 Å². The van der Waals surface area contributed by atoms with Crippen LogP contribution in [0.1, 0.15) is 22.8 Å². The molecule has 0 radical (unpaired) electrons. The first-order chi connectivity index (χ1) is 15.7. The summed E-state index contributed by atoms with van der Waals surface area (Å²) < 4.78 is 6.63. The minimum atomic E-state index is -0.0660. The maximum Gasteiger partial charge on any atom is 0.260 e. The Balaban J connectivity index is 1.56. The number of ether oxygens (including phenoxy) is 1. The number of fused-ring (bicyclic) bond motifs is 2. The van der Waals surface area contributed by atoms with E-state index in [9.17, 15) is 4.79 Å². The molecule has 0 saturated carbocycles. The van der Waals surface area contributed by atoms with E-state index in [1.807, 2.05) is 91.9 Å². The highest BCUT2D eigenvalue weighted by molar-refractivity contribution is 7.22. The molecule has 5 rings (SSSR count). The molecule has 5 heteroatoms. The third-order valence-corrected chi connectivity index (χ3v) is 6.36. The molecule has 0 bridgehead atoms. The lowest BCUT2D eigenvalue weighted by Gasteiger charge is -2.20. The van der Waals surface area contributed by atoms with Gasteiger partial charge in [0.2, 0.25) is 0 Å². The van der Waals surface area contributed by atoms with Crippen molar-refractivity contribution < 1.29 is 9.53 Å². The molecule has 0 N–H and O–H groups in total. The molecular formula is C27H22N2O2S. The van der Waals surface area contributed by atoms with Gasteiger partial charge in [0, 0.05) is 5.56 Å². The molecular weight excluding hydrogens is 416 g/mol. The fourth-order valence-electron chi connectivity index (χ4n) is 3.74. The highest BCUT2D eigenvalue weighted by Gasteiger charge is 2.22. The van der Waals surface area contributed by atoms with E-state index in [1.54, 1.807) is 4.90 Å². The molecule has 0 unspecified atom stereocenters. The van der Waals surface area contributed by atoms with Crippen LogP contribution < -0.4 is 9.64 Å². The molecule has 0 atom stereocenters. The Morgan fingerprint density at radius 1 is 0.906 bits per heavy atom. The van der Waals surface area contributed by atoms with Crippen molar-refractivity contribution in [2.45, 2.75) is 13.5 Å². The van der Waals surface area contributed by atoms with E-state index < -0.39 is 0 Å². The quantitative estimate of drug-likeness (QED) is 0.296. The van der Waals surface area contributed by atoms with Gasteiger partial charge in [0.1, 0.15) is 5.75 Å². The zero-order chi connectivity index (χ0) is 21.9. The van der Waals surface area contributed by atoms with Crippen molar-refractivity contribution in [3.05, 3.63) is 102 Å². The molecule has 1 heterocycles. The summed E-state index contributed by atoms with van der Waals surface area (Å²) in [7, 11) is 0. The van der Waals surface area contributed by atoms with Gasteiger partial charge in [-0.15, -0.1) is 0 Å². The van der Waals surface area contributed by atoms with Crippen LogP contribution in [0, 0.1) is 0 Å². The molecule has 0 aliphatic rings. The molecule has 1 amide bonds. The molecule has 1 aromatic heterocycles. The summed E-state index contributed by atoms with van der Waals surface area (Å²) in [5.41, 5.74) is 2.56. The molecule has 0 aliphatic heterocycles. The van der Waals surface area contributed by atoms with Crippen LogP contribution in [0.5, 0.6) is 5.75 Å². The van der Waals surface area contributed by atoms with Crippen molar-refractivity contribution in [2.75, 3.05) is 11.5 Å². The van der Waals surface area contributed by atoms with E-state index in [0.29, 0.717) is 23.8 Å². The lowest BCUT2D eigenvalue weighted by Crippen LogP contribution is -2.30. The molecule has 0 fully saturated rings. The number of benzene rings is 4. The number of anilines is 1. The number of thiazole rings is 1. The average Bonchev–Trinajstić information content (AvgIpc) is 3.26. The zero-order valence-electron chi connectivity index (χ0n) is 17.7. The number of carbonyl (C=O) groups excluding carboxylic acids is 1. The minimum Gasteiger partial charge on any atom is -0.494 e. The molecule has 0 saturated heterocycles. The number of hydrogen-bond acceptors (Lipinski definition) is 4. The average molecular weight is 439 g/mol. The van der Waals surface area contributed by atoms with Crippen molar-refractivity contribution >= 4 is 43.4 Å². The lowest BCUT2D eigenvalue weighted by atomic mass is 10.1. The van der Waals surface area contributed by atoms with Crippen molar-refractivity contribution in [2.24, 2.45) is 0 Å². The Hall–Kier alpha value is -3.70. The SMILES string of the molecule is CCOc1ccc2nc(N(Cc3ccccc3)C(=O)c3ccc4ccccc4c3)sc2c1. The maximum atomic E-state index is 13.7. The number of amides is 1. The number of hydrogen-bond donors (Lipinski definition) is 0. The Bertz CT molecular complexity index is 1400. The fraction of sp³-hybridized carbons (Fsp3) is 0.111. The predicted molar refractivity (Wildman–Crippen MR) is 132 cm³/mol. The normalized spacial score (nSPS) is 11.0. The van der Waals surface area contributed by atoms with Crippen LogP contribution in [0.4, 0.5) is 5.13 Å². The second-order valence-corrected chi connectivity index (χ2v) is 8.51. The molecule has 4 nitrogen and oxygen atoms in total. The largest absolute Gasteiger partial charge is 0.494 e. The van der Waals surface area contributed by atoms with Crippen LogP contribution in [-0.2, 0) is 6.54 Å². The molecule has 158 valence electrons. The first-order valence-corrected chi connectivity index (χ1v) is 11.4. The van der Waals surface area contributed by atoms with Crippen molar-refractivity contribution in [1.29, 1.82) is 0 Å². The van der Waals surface area contributed by atoms with Crippen LogP contribution >= 0.6 is 11.3 Å². The minimum absolute atomic E-state index is 0.0660. The van der Waals surface area contributed by atoms with Gasteiger partial charge in [0.05, 0.1) is 23.4 Å². The van der Waals surface area contributed by atoms with Crippen LogP contribution in [0.25, 0.3) is 21.0 Å². The molecule has 0 aliphatic carbocycles. The van der Waals surface area contributed by atoms with E-state index in [2.05, 4.69) is 6.07 Å². The monoisotopic (exact) mass is 438 g/mol. The highest BCUT2D eigenvalue weighted by Crippen LogP contribution is 2.33. The van der Waals surface area contributed by atoms with E-state index in [0.717, 1.165) is 32.3 Å². The van der Waals surface area contributed by atoms with E-state index >= 15 is 0 Å². The number of rotatable bonds is 6. The summed E-state index contributed by atoms with van der Waals surface area (Å²) in [6, 6.07) is 29.8. The first kappa shape index (κ1) is 20.2. The van der Waals surface area contributed by atoms with E-state index in [4.69, 9.17) is 9.72 Å². The Morgan fingerprint density at radius 2 is 1.69 bits per heavy atom. The van der Waals surface area contributed by atoms with Crippen molar-refractivity contribution in [3.63, 3.8) is 0 Å². The van der Waals surface area contributed by atoms with Crippen LogP contribution in [0.2, 0.25) is 0 Å². The first-order valence-electron chi connectivity index (χ1n) is 10.6. The summed E-state index contributed by atoms with van der Waals surface area (Å²) in [6.45, 7) is 3.02. The predicted octanol–water partition coefficient (Wildman–Crippen LogP) is 6.70. The fourth-order valence-corrected chi connectivity index (χ4v) is 4.73. The van der Waals surface area contributed by atoms with Gasteiger partial charge < -0.3 is 4.74 Å². The zero-order valence-corrected chi connectivity index (χ0v) is 18.5. The standard InChI is InChI=1S/C27H22N2O2S/c1-2-31-23-14-15-24-25(17-23)32-27(28-24)29(18-19-8-4-3-5-9-19)26(30)22-13-12-20-10-6-7-11-21(20)16-22/h3-17H,2,18H2,1H3. The number of carbonyl (C=O) groups is 1. The van der Waals surface area contributed by atoms with Gasteiger partial charge in [-0.3, -0.25) is 9.69 Å². The topological polar surface area (TPSA) is 42.4 Å². The van der Waals surface area contributed by atoms with E-state index in [-0.39, 0.29) is 5.91 Å². The summed E-state index contributed by atoms with van der Waals surface area (Å²) in [5, 5.41) is 2.83. The third-order valence-electron chi connectivity index (χ3n) is 5.32. The molecule has 5 aromatic rings. The Morgan fingerprint density at radius 3 is 2.50 bits per heavy atom. The maximum absolute atomic E-state index is 13.7. The van der Waals surface area contributed by atoms with Gasteiger partial charge in [-0.1, -0.05) is 72.0 Å². The van der Waals surface area contributed by atoms with Gasteiger partial charge in [0.15, 0.2) is 5.13 Å². The van der Waals surface area contributed by atoms with Crippen molar-refractivity contribution in [3.8, 4) is 5.75 Å². The van der Waals surface area contributed by atoms with Crippen LogP contribution in [-0.4, -0.2) is 17.5 Å². The van der Waals surface area contributed by atoms with Crippen LogP contribution in [0.15, 0.2) is 91.0 Å². The van der Waals surface area contributed by atoms with Crippen molar-refractivity contribution in [1.82, 2.24) is 4.98 Å². The molecule has 4 aromatic carbocycles. The summed E-state index contributed by atoms with van der Waals surface area (Å²) in [6.07, 6.45) is 0. The molecule has 0 spiro atoms. The second kappa shape index (κ2) is 8.81. The Labute approximate surface area is 190 Å². The van der Waals surface area contributed by atoms with Gasteiger partial charge in [-0.05, 0) is 53.6 Å². The molecule has 32 heavy (non-hydrogen) atoms. The van der Waals surface area contributed by atoms with Gasteiger partial charge in [0.25, 0.3) is 5.91 Å². The number of nitrogens with zero attached hydrogens (tertiary/aromatic N) is 2. The summed E-state index contributed by atoms with van der Waals surface area (Å²) >= 11 is 1.51. The Kier molecular flexibility index (Phi) is 5.57. The highest BCUT2D eigenvalue weighted by atomic mass is 32.1. The smallest absolute Gasteiger partial charge is 0.260 e. The van der Waals surface area contributed by atoms with Gasteiger partial charge in [-0.2, -0.15) is 0 Å². The number of aromatic nitrogens is 1. The lowest BCUT2D eigenvalue weighted by molar-refractivity contribution is 0.0985. The van der Waals surface area contributed by atoms with Gasteiger partial charge >= 0.3 is 0 Å². The van der Waals surface area contributed by atoms with Gasteiger partial charge in [-0.25, -0.2) is 4.98 Å². The summed E-state index contributed by atoms with van der Waals surface area (Å²) in [4.78, 5) is 20.3. The second-order valence-electron chi connectivity index (χ2n) is 7.50.